The maximum Gasteiger partial charge on any atom is 0.227 e. The number of benzene rings is 3. The molecule has 1 fully saturated rings. The van der Waals surface area contributed by atoms with Crippen LogP contribution in [0.4, 0.5) is 0 Å². The van der Waals surface area contributed by atoms with E-state index in [1.807, 2.05) is 84.9 Å². The lowest BCUT2D eigenvalue weighted by atomic mass is 9.79. The van der Waals surface area contributed by atoms with Crippen LogP contribution in [0.3, 0.4) is 0 Å². The first-order valence-corrected chi connectivity index (χ1v) is 9.78. The lowest BCUT2D eigenvalue weighted by Gasteiger charge is -2.41. The molecule has 148 valence electrons. The molecule has 1 aliphatic rings. The van der Waals surface area contributed by atoms with E-state index in [-0.39, 0.29) is 0 Å². The van der Waals surface area contributed by atoms with Crippen LogP contribution < -0.4 is 4.74 Å². The molecule has 4 heteroatoms. The van der Waals surface area contributed by atoms with Crippen LogP contribution in [-0.2, 0) is 19.9 Å². The van der Waals surface area contributed by atoms with Crippen LogP contribution >= 0.6 is 0 Å². The van der Waals surface area contributed by atoms with E-state index in [4.69, 9.17) is 14.2 Å². The molecule has 4 nitrogen and oxygen atoms in total. The van der Waals surface area contributed by atoms with Gasteiger partial charge in [0.1, 0.15) is 11.4 Å². The number of carbonyl (C=O) groups excluding carboxylic acids is 1. The first-order valence-electron chi connectivity index (χ1n) is 9.78. The highest BCUT2D eigenvalue weighted by molar-refractivity contribution is 5.62. The summed E-state index contributed by atoms with van der Waals surface area (Å²) in [5.74, 6) is -0.531. The second kappa shape index (κ2) is 8.19. The van der Waals surface area contributed by atoms with E-state index in [9.17, 15) is 4.79 Å². The topological polar surface area (TPSA) is 44.8 Å². The fourth-order valence-corrected chi connectivity index (χ4v) is 3.94. The molecule has 3 aromatic rings. The summed E-state index contributed by atoms with van der Waals surface area (Å²) in [7, 11) is 1.64. The average Bonchev–Trinajstić information content (AvgIpc) is 3.28. The summed E-state index contributed by atoms with van der Waals surface area (Å²) < 4.78 is 17.9. The maximum atomic E-state index is 12.1. The zero-order valence-electron chi connectivity index (χ0n) is 16.4. The zero-order valence-corrected chi connectivity index (χ0v) is 16.4. The van der Waals surface area contributed by atoms with E-state index in [1.165, 1.54) is 0 Å². The van der Waals surface area contributed by atoms with Crippen molar-refractivity contribution in [2.24, 2.45) is 0 Å². The maximum absolute atomic E-state index is 12.1. The van der Waals surface area contributed by atoms with Crippen LogP contribution in [0, 0.1) is 0 Å². The van der Waals surface area contributed by atoms with Crippen molar-refractivity contribution in [1.82, 2.24) is 0 Å². The van der Waals surface area contributed by atoms with Gasteiger partial charge < -0.3 is 14.2 Å². The fourth-order valence-electron chi connectivity index (χ4n) is 3.94. The Balaban J connectivity index is 1.98. The Morgan fingerprint density at radius 3 is 1.86 bits per heavy atom. The van der Waals surface area contributed by atoms with Crippen LogP contribution in [0.15, 0.2) is 84.9 Å². The molecular weight excluding hydrogens is 364 g/mol. The van der Waals surface area contributed by atoms with Crippen molar-refractivity contribution in [3.05, 3.63) is 102 Å². The fraction of sp³-hybridized carbons (Fsp3) is 0.240. The van der Waals surface area contributed by atoms with Crippen LogP contribution in [0.1, 0.15) is 29.5 Å². The van der Waals surface area contributed by atoms with Gasteiger partial charge in [0.25, 0.3) is 0 Å². The Labute approximate surface area is 171 Å². The molecule has 1 atom stereocenters. The van der Waals surface area contributed by atoms with Crippen LogP contribution in [0.5, 0.6) is 5.75 Å². The van der Waals surface area contributed by atoms with Crippen LogP contribution in [-0.4, -0.2) is 25.8 Å². The highest BCUT2D eigenvalue weighted by atomic mass is 16.7. The molecule has 0 bridgehead atoms. The van der Waals surface area contributed by atoms with E-state index >= 15 is 0 Å². The molecular formula is C25H24O4. The molecule has 0 saturated carbocycles. The first-order chi connectivity index (χ1) is 14.2. The molecule has 29 heavy (non-hydrogen) atoms. The monoisotopic (exact) mass is 388 g/mol. The highest BCUT2D eigenvalue weighted by Gasteiger charge is 2.48. The number of carbonyl (C=O) groups is 1. The summed E-state index contributed by atoms with van der Waals surface area (Å²) in [6.07, 6.45) is 2.10. The third kappa shape index (κ3) is 3.57. The number of aldehydes is 1. The van der Waals surface area contributed by atoms with Gasteiger partial charge in [0.2, 0.25) is 5.79 Å². The van der Waals surface area contributed by atoms with Gasteiger partial charge in [0.05, 0.1) is 13.7 Å². The Kier molecular flexibility index (Phi) is 5.47. The predicted molar refractivity (Wildman–Crippen MR) is 111 cm³/mol. The molecule has 0 aromatic heterocycles. The summed E-state index contributed by atoms with van der Waals surface area (Å²) in [6, 6.07) is 27.7. The van der Waals surface area contributed by atoms with Crippen molar-refractivity contribution in [2.45, 2.75) is 24.2 Å². The van der Waals surface area contributed by atoms with E-state index in [2.05, 4.69) is 0 Å². The predicted octanol–water partition coefficient (Wildman–Crippen LogP) is 4.71. The summed E-state index contributed by atoms with van der Waals surface area (Å²) in [4.78, 5) is 12.1. The van der Waals surface area contributed by atoms with E-state index < -0.39 is 11.4 Å². The summed E-state index contributed by atoms with van der Waals surface area (Å²) in [5, 5.41) is 0. The average molecular weight is 388 g/mol. The first kappa shape index (κ1) is 19.4. The van der Waals surface area contributed by atoms with Gasteiger partial charge >= 0.3 is 0 Å². The smallest absolute Gasteiger partial charge is 0.227 e. The summed E-state index contributed by atoms with van der Waals surface area (Å²) in [6.45, 7) is 0.501. The molecule has 4 rings (SSSR count). The summed E-state index contributed by atoms with van der Waals surface area (Å²) >= 11 is 0. The molecule has 0 radical (unpaired) electrons. The van der Waals surface area contributed by atoms with Crippen LogP contribution in [0.2, 0.25) is 0 Å². The quantitative estimate of drug-likeness (QED) is 0.434. The molecule has 1 unspecified atom stereocenters. The number of hydrogen-bond donors (Lipinski definition) is 0. The Morgan fingerprint density at radius 1 is 0.862 bits per heavy atom. The molecule has 0 aliphatic carbocycles. The lowest BCUT2D eigenvalue weighted by molar-refractivity contribution is -0.232. The SMILES string of the molecule is COc1ccc(C(OC2(C=O)CCCO2)(c2ccccc2)c2ccccc2)cc1. The normalized spacial score (nSPS) is 19.1. The van der Waals surface area contributed by atoms with Gasteiger partial charge in [-0.15, -0.1) is 0 Å². The van der Waals surface area contributed by atoms with Crippen molar-refractivity contribution < 1.29 is 19.0 Å². The Bertz CT molecular complexity index is 890. The molecule has 1 heterocycles. The van der Waals surface area contributed by atoms with Crippen molar-refractivity contribution in [3.63, 3.8) is 0 Å². The number of ether oxygens (including phenoxy) is 3. The summed E-state index contributed by atoms with van der Waals surface area (Å²) in [5.41, 5.74) is 1.73. The minimum Gasteiger partial charge on any atom is -0.497 e. The van der Waals surface area contributed by atoms with Gasteiger partial charge in [-0.1, -0.05) is 72.8 Å². The standard InChI is InChI=1S/C25H24O4/c1-27-23-15-13-22(14-16-23)25(20-9-4-2-5-10-20,21-11-6-3-7-12-21)29-24(19-26)17-8-18-28-24/h2-7,9-16,19H,8,17-18H2,1H3. The van der Waals surface area contributed by atoms with Crippen molar-refractivity contribution in [3.8, 4) is 5.75 Å². The minimum absolute atomic E-state index is 0.501. The van der Waals surface area contributed by atoms with E-state index in [0.717, 1.165) is 35.1 Å². The number of methoxy groups -OCH3 is 1. The van der Waals surface area contributed by atoms with E-state index in [1.54, 1.807) is 7.11 Å². The van der Waals surface area contributed by atoms with Gasteiger partial charge in [-0.05, 0) is 35.2 Å². The van der Waals surface area contributed by atoms with Crippen molar-refractivity contribution >= 4 is 6.29 Å². The van der Waals surface area contributed by atoms with Gasteiger partial charge in [-0.25, -0.2) is 0 Å². The molecule has 0 amide bonds. The third-order valence-corrected chi connectivity index (χ3v) is 5.38. The second-order valence-corrected chi connectivity index (χ2v) is 7.13. The van der Waals surface area contributed by atoms with Gasteiger partial charge in [-0.3, -0.25) is 4.79 Å². The minimum atomic E-state index is -1.29. The Morgan fingerprint density at radius 2 is 1.41 bits per heavy atom. The van der Waals surface area contributed by atoms with Crippen LogP contribution in [0.25, 0.3) is 0 Å². The Hall–Kier alpha value is -2.95. The van der Waals surface area contributed by atoms with Crippen molar-refractivity contribution in [2.75, 3.05) is 13.7 Å². The van der Waals surface area contributed by atoms with Gasteiger partial charge in [0.15, 0.2) is 6.29 Å². The lowest BCUT2D eigenvalue weighted by Crippen LogP contribution is -2.45. The second-order valence-electron chi connectivity index (χ2n) is 7.13. The van der Waals surface area contributed by atoms with Crippen molar-refractivity contribution in [1.29, 1.82) is 0 Å². The highest BCUT2D eigenvalue weighted by Crippen LogP contribution is 2.45. The molecule has 0 spiro atoms. The van der Waals surface area contributed by atoms with Gasteiger partial charge in [0, 0.05) is 6.42 Å². The molecule has 1 saturated heterocycles. The largest absolute Gasteiger partial charge is 0.497 e. The zero-order chi connectivity index (χ0) is 20.2. The number of rotatable bonds is 7. The number of hydrogen-bond acceptors (Lipinski definition) is 4. The van der Waals surface area contributed by atoms with Gasteiger partial charge in [-0.2, -0.15) is 0 Å². The molecule has 0 N–H and O–H groups in total. The molecule has 1 aliphatic heterocycles. The van der Waals surface area contributed by atoms with E-state index in [0.29, 0.717) is 13.0 Å². The third-order valence-electron chi connectivity index (χ3n) is 5.38. The molecule has 3 aromatic carbocycles.